The van der Waals surface area contributed by atoms with Crippen molar-refractivity contribution in [3.8, 4) is 5.75 Å². The van der Waals surface area contributed by atoms with E-state index in [4.69, 9.17) is 5.11 Å². The second-order valence-corrected chi connectivity index (χ2v) is 6.73. The molecule has 2 rings (SSSR count). The molecular weight excluding hydrogens is 393 g/mol. The number of pyridine rings is 1. The van der Waals surface area contributed by atoms with E-state index >= 15 is 0 Å². The lowest BCUT2D eigenvalue weighted by molar-refractivity contribution is -0.153. The molecule has 1 aromatic carbocycles. The van der Waals surface area contributed by atoms with E-state index in [0.29, 0.717) is 0 Å². The monoisotopic (exact) mass is 404 g/mol. The van der Waals surface area contributed by atoms with Gasteiger partial charge in [-0.15, -0.1) is 0 Å². The first kappa shape index (κ1) is 20.2. The third kappa shape index (κ3) is 5.67. The van der Waals surface area contributed by atoms with Crippen LogP contribution in [0.15, 0.2) is 47.5 Å². The van der Waals surface area contributed by atoms with Crippen molar-refractivity contribution in [1.29, 1.82) is 0 Å². The Bertz CT molecular complexity index is 958. The summed E-state index contributed by atoms with van der Waals surface area (Å²) in [5, 5.41) is 8.83. The highest BCUT2D eigenvalue weighted by Gasteiger charge is 2.28. The fourth-order valence-corrected chi connectivity index (χ4v) is 2.78. The number of carboxylic acids is 1. The number of alkyl halides is 3. The molecule has 0 aliphatic rings. The number of hydrogen-bond donors (Lipinski definition) is 2. The lowest BCUT2D eigenvalue weighted by Crippen LogP contribution is -2.30. The standard InChI is InChI=1S/C15H11F3N2O6S/c16-15(17,18)8-26-10-1-3-11(4-2-10)27(24,25)20-13(21)9-5-6-19-12(7-9)14(22)23/h1-7H,8H2,(H,20,21)(H,22,23). The van der Waals surface area contributed by atoms with Gasteiger partial charge in [-0.25, -0.2) is 22.9 Å². The van der Waals surface area contributed by atoms with Crippen LogP contribution in [0.3, 0.4) is 0 Å². The van der Waals surface area contributed by atoms with Crippen LogP contribution < -0.4 is 9.46 Å². The van der Waals surface area contributed by atoms with Gasteiger partial charge in [0.1, 0.15) is 11.4 Å². The van der Waals surface area contributed by atoms with Crippen LogP contribution in [-0.2, 0) is 10.0 Å². The first-order valence-corrected chi connectivity index (χ1v) is 8.52. The van der Waals surface area contributed by atoms with E-state index < -0.39 is 45.3 Å². The minimum absolute atomic E-state index is 0.210. The Labute approximate surface area is 150 Å². The molecule has 0 unspecified atom stereocenters. The average molecular weight is 404 g/mol. The van der Waals surface area contributed by atoms with Crippen molar-refractivity contribution in [2.45, 2.75) is 11.1 Å². The predicted octanol–water partition coefficient (Wildman–Crippen LogP) is 1.84. The number of nitrogens with one attached hydrogen (secondary N) is 1. The number of sulfonamides is 1. The highest BCUT2D eigenvalue weighted by Crippen LogP contribution is 2.20. The maximum atomic E-state index is 12.2. The highest BCUT2D eigenvalue weighted by atomic mass is 32.2. The van der Waals surface area contributed by atoms with E-state index in [1.54, 1.807) is 4.72 Å². The quantitative estimate of drug-likeness (QED) is 0.753. The largest absolute Gasteiger partial charge is 0.484 e. The molecule has 0 radical (unpaired) electrons. The van der Waals surface area contributed by atoms with Crippen molar-refractivity contribution in [3.05, 3.63) is 53.9 Å². The summed E-state index contributed by atoms with van der Waals surface area (Å²) in [7, 11) is -4.35. The summed E-state index contributed by atoms with van der Waals surface area (Å²) in [4.78, 5) is 26.0. The molecule has 0 saturated carbocycles. The molecule has 0 aliphatic carbocycles. The molecule has 27 heavy (non-hydrogen) atoms. The summed E-state index contributed by atoms with van der Waals surface area (Å²) in [6.45, 7) is -1.54. The molecular formula is C15H11F3N2O6S. The van der Waals surface area contributed by atoms with Gasteiger partial charge in [0.2, 0.25) is 0 Å². The fraction of sp³-hybridized carbons (Fsp3) is 0.133. The fourth-order valence-electron chi connectivity index (χ4n) is 1.81. The summed E-state index contributed by atoms with van der Waals surface area (Å²) in [6, 6.07) is 5.92. The Morgan fingerprint density at radius 3 is 2.33 bits per heavy atom. The van der Waals surface area contributed by atoms with E-state index in [-0.39, 0.29) is 11.3 Å². The zero-order chi connectivity index (χ0) is 20.2. The van der Waals surface area contributed by atoms with Gasteiger partial charge in [-0.2, -0.15) is 13.2 Å². The molecule has 0 spiro atoms. The van der Waals surface area contributed by atoms with Crippen molar-refractivity contribution < 1.29 is 41.0 Å². The van der Waals surface area contributed by atoms with Crippen LogP contribution in [0.2, 0.25) is 0 Å². The van der Waals surface area contributed by atoms with Gasteiger partial charge in [0.25, 0.3) is 15.9 Å². The van der Waals surface area contributed by atoms with Crippen molar-refractivity contribution in [1.82, 2.24) is 9.71 Å². The molecule has 2 N–H and O–H groups in total. The highest BCUT2D eigenvalue weighted by molar-refractivity contribution is 7.90. The zero-order valence-corrected chi connectivity index (χ0v) is 14.0. The van der Waals surface area contributed by atoms with Crippen molar-refractivity contribution in [3.63, 3.8) is 0 Å². The van der Waals surface area contributed by atoms with Gasteiger partial charge in [-0.05, 0) is 36.4 Å². The number of hydrogen-bond acceptors (Lipinski definition) is 6. The number of amides is 1. The van der Waals surface area contributed by atoms with E-state index in [1.165, 1.54) is 0 Å². The summed E-state index contributed by atoms with van der Waals surface area (Å²) in [5.74, 6) is -2.71. The van der Waals surface area contributed by atoms with Gasteiger partial charge in [0.15, 0.2) is 6.61 Å². The molecule has 0 aliphatic heterocycles. The van der Waals surface area contributed by atoms with Gasteiger partial charge < -0.3 is 9.84 Å². The Morgan fingerprint density at radius 2 is 1.78 bits per heavy atom. The predicted molar refractivity (Wildman–Crippen MR) is 83.8 cm³/mol. The van der Waals surface area contributed by atoms with Crippen LogP contribution in [0.25, 0.3) is 0 Å². The van der Waals surface area contributed by atoms with Gasteiger partial charge in [-0.3, -0.25) is 4.79 Å². The first-order chi connectivity index (χ1) is 12.5. The number of aromatic nitrogens is 1. The molecule has 144 valence electrons. The van der Waals surface area contributed by atoms with E-state index in [0.717, 1.165) is 42.6 Å². The summed E-state index contributed by atoms with van der Waals surface area (Å²) in [6.07, 6.45) is -3.52. The Hall–Kier alpha value is -3.15. The number of benzene rings is 1. The molecule has 0 bridgehead atoms. The van der Waals surface area contributed by atoms with E-state index in [1.807, 2.05) is 0 Å². The topological polar surface area (TPSA) is 123 Å². The average Bonchev–Trinajstić information content (AvgIpc) is 2.59. The van der Waals surface area contributed by atoms with Crippen LogP contribution in [0.1, 0.15) is 20.8 Å². The number of ether oxygens (including phenoxy) is 1. The number of halogens is 3. The molecule has 0 fully saturated rings. The maximum absolute atomic E-state index is 12.2. The Balaban J connectivity index is 2.13. The molecule has 1 amide bonds. The second-order valence-electron chi connectivity index (χ2n) is 5.04. The van der Waals surface area contributed by atoms with Crippen LogP contribution >= 0.6 is 0 Å². The Kier molecular flexibility index (Phi) is 5.69. The smallest absolute Gasteiger partial charge is 0.422 e. The number of nitrogens with zero attached hydrogens (tertiary/aromatic N) is 1. The number of carbonyl (C=O) groups is 2. The van der Waals surface area contributed by atoms with Gasteiger partial charge in [-0.1, -0.05) is 0 Å². The number of aromatic carboxylic acids is 1. The molecule has 1 aromatic heterocycles. The molecule has 8 nitrogen and oxygen atoms in total. The van der Waals surface area contributed by atoms with Crippen LogP contribution in [0.5, 0.6) is 5.75 Å². The van der Waals surface area contributed by atoms with Crippen molar-refractivity contribution in [2.24, 2.45) is 0 Å². The van der Waals surface area contributed by atoms with Crippen LogP contribution in [-0.4, -0.2) is 43.2 Å². The SMILES string of the molecule is O=C(NS(=O)(=O)c1ccc(OCC(F)(F)F)cc1)c1ccnc(C(=O)O)c1. The van der Waals surface area contributed by atoms with Gasteiger partial charge in [0.05, 0.1) is 4.90 Å². The van der Waals surface area contributed by atoms with Gasteiger partial charge in [0, 0.05) is 11.8 Å². The minimum atomic E-state index is -4.54. The summed E-state index contributed by atoms with van der Waals surface area (Å²) < 4.78 is 66.8. The third-order valence-electron chi connectivity index (χ3n) is 3.00. The number of rotatable bonds is 6. The van der Waals surface area contributed by atoms with E-state index in [2.05, 4.69) is 9.72 Å². The molecule has 2 aromatic rings. The number of carbonyl (C=O) groups excluding carboxylic acids is 1. The maximum Gasteiger partial charge on any atom is 0.422 e. The van der Waals surface area contributed by atoms with E-state index in [9.17, 15) is 31.2 Å². The molecule has 0 saturated heterocycles. The van der Waals surface area contributed by atoms with Gasteiger partial charge >= 0.3 is 12.1 Å². The summed E-state index contributed by atoms with van der Waals surface area (Å²) >= 11 is 0. The van der Waals surface area contributed by atoms with Crippen LogP contribution in [0, 0.1) is 0 Å². The second kappa shape index (κ2) is 7.61. The molecule has 12 heteroatoms. The molecule has 1 heterocycles. The van der Waals surface area contributed by atoms with Crippen LogP contribution in [0.4, 0.5) is 13.2 Å². The lowest BCUT2D eigenvalue weighted by Gasteiger charge is -2.10. The molecule has 0 atom stereocenters. The number of carboxylic acid groups (broad SMARTS) is 1. The summed E-state index contributed by atoms with van der Waals surface area (Å²) in [5.41, 5.74) is -0.706. The van der Waals surface area contributed by atoms with Crippen molar-refractivity contribution in [2.75, 3.05) is 6.61 Å². The first-order valence-electron chi connectivity index (χ1n) is 7.04. The van der Waals surface area contributed by atoms with Crippen molar-refractivity contribution >= 4 is 21.9 Å². The lowest BCUT2D eigenvalue weighted by atomic mass is 10.2. The Morgan fingerprint density at radius 1 is 1.15 bits per heavy atom. The minimum Gasteiger partial charge on any atom is -0.484 e. The zero-order valence-electron chi connectivity index (χ0n) is 13.2. The normalized spacial score (nSPS) is 11.7. The third-order valence-corrected chi connectivity index (χ3v) is 4.35.